The Hall–Kier alpha value is -1.84. The molecule has 0 aliphatic heterocycles. The third-order valence-corrected chi connectivity index (χ3v) is 3.98. The van der Waals surface area contributed by atoms with E-state index >= 15 is 0 Å². The fourth-order valence-corrected chi connectivity index (χ4v) is 2.30. The van der Waals surface area contributed by atoms with Gasteiger partial charge >= 0.3 is 0 Å². The third-order valence-electron chi connectivity index (χ3n) is 3.98. The minimum Gasteiger partial charge on any atom is -0.351 e. The van der Waals surface area contributed by atoms with Gasteiger partial charge in [-0.25, -0.2) is 0 Å². The van der Waals surface area contributed by atoms with Crippen LogP contribution in [0.3, 0.4) is 0 Å². The first-order valence-corrected chi connectivity index (χ1v) is 7.57. The second-order valence-corrected chi connectivity index (χ2v) is 6.33. The van der Waals surface area contributed by atoms with Crippen LogP contribution in [0.2, 0.25) is 0 Å². The maximum atomic E-state index is 12.2. The number of amides is 1. The Balaban J connectivity index is 0.00000264. The van der Waals surface area contributed by atoms with Gasteiger partial charge in [0.05, 0.1) is 0 Å². The van der Waals surface area contributed by atoms with Gasteiger partial charge in [-0.2, -0.15) is 0 Å². The zero-order chi connectivity index (χ0) is 16.2. The first kappa shape index (κ1) is 19.2. The van der Waals surface area contributed by atoms with Gasteiger partial charge in [-0.3, -0.25) is 4.79 Å². The van der Waals surface area contributed by atoms with Crippen molar-refractivity contribution in [2.24, 2.45) is 5.73 Å². The highest BCUT2D eigenvalue weighted by Gasteiger charge is 2.21. The molecule has 0 aromatic heterocycles. The summed E-state index contributed by atoms with van der Waals surface area (Å²) in [6.45, 7) is 7.42. The van der Waals surface area contributed by atoms with E-state index in [0.717, 1.165) is 5.56 Å². The zero-order valence-corrected chi connectivity index (χ0v) is 14.7. The van der Waals surface area contributed by atoms with Gasteiger partial charge in [-0.1, -0.05) is 55.8 Å². The van der Waals surface area contributed by atoms with Crippen molar-refractivity contribution >= 4 is 18.3 Å². The number of benzene rings is 2. The summed E-state index contributed by atoms with van der Waals surface area (Å²) in [5.41, 5.74) is 9.60. The summed E-state index contributed by atoms with van der Waals surface area (Å²) in [4.78, 5) is 12.2. The molecule has 3 N–H and O–H groups in total. The van der Waals surface area contributed by atoms with Gasteiger partial charge in [-0.15, -0.1) is 12.4 Å². The van der Waals surface area contributed by atoms with Gasteiger partial charge in [0.15, 0.2) is 0 Å². The Labute approximate surface area is 144 Å². The Morgan fingerprint density at radius 3 is 2.13 bits per heavy atom. The number of hydrogen-bond donors (Lipinski definition) is 2. The van der Waals surface area contributed by atoms with E-state index in [2.05, 4.69) is 50.4 Å². The van der Waals surface area contributed by atoms with Gasteiger partial charge in [0, 0.05) is 24.1 Å². The van der Waals surface area contributed by atoms with E-state index < -0.39 is 0 Å². The summed E-state index contributed by atoms with van der Waals surface area (Å²) in [5.74, 6) is -0.0521. The van der Waals surface area contributed by atoms with Gasteiger partial charge in [0.1, 0.15) is 0 Å². The highest BCUT2D eigenvalue weighted by Crippen LogP contribution is 2.22. The Morgan fingerprint density at radius 2 is 1.61 bits per heavy atom. The van der Waals surface area contributed by atoms with Crippen LogP contribution in [0.4, 0.5) is 0 Å². The molecule has 1 amide bonds. The molecule has 2 rings (SSSR count). The lowest BCUT2D eigenvalue weighted by Gasteiger charge is -2.26. The monoisotopic (exact) mass is 332 g/mol. The molecule has 0 heterocycles. The molecule has 3 nitrogen and oxygen atoms in total. The van der Waals surface area contributed by atoms with Crippen molar-refractivity contribution in [1.29, 1.82) is 0 Å². The van der Waals surface area contributed by atoms with Gasteiger partial charge in [-0.05, 0) is 30.2 Å². The van der Waals surface area contributed by atoms with Crippen LogP contribution in [0.5, 0.6) is 0 Å². The number of hydrogen-bond acceptors (Lipinski definition) is 2. The summed E-state index contributed by atoms with van der Waals surface area (Å²) in [5, 5.41) is 3.02. The van der Waals surface area contributed by atoms with E-state index in [9.17, 15) is 4.79 Å². The molecule has 0 radical (unpaired) electrons. The number of aryl methyl sites for hydroxylation is 1. The fourth-order valence-electron chi connectivity index (χ4n) is 2.30. The van der Waals surface area contributed by atoms with Crippen molar-refractivity contribution in [3.63, 3.8) is 0 Å². The first-order valence-electron chi connectivity index (χ1n) is 7.57. The lowest BCUT2D eigenvalue weighted by Crippen LogP contribution is -2.36. The van der Waals surface area contributed by atoms with Gasteiger partial charge in [0.2, 0.25) is 0 Å². The molecular weight excluding hydrogens is 308 g/mol. The van der Waals surface area contributed by atoms with E-state index in [1.54, 1.807) is 0 Å². The molecule has 2 aromatic carbocycles. The lowest BCUT2D eigenvalue weighted by molar-refractivity contribution is 0.0945. The summed E-state index contributed by atoms with van der Waals surface area (Å²) < 4.78 is 0. The highest BCUT2D eigenvalue weighted by molar-refractivity contribution is 5.94. The predicted octanol–water partition coefficient (Wildman–Crippen LogP) is 3.58. The average molecular weight is 333 g/mol. The van der Waals surface area contributed by atoms with Crippen LogP contribution < -0.4 is 11.1 Å². The van der Waals surface area contributed by atoms with Crippen LogP contribution in [0.25, 0.3) is 0 Å². The first-order chi connectivity index (χ1) is 10.4. The van der Waals surface area contributed by atoms with Crippen molar-refractivity contribution < 1.29 is 4.79 Å². The van der Waals surface area contributed by atoms with Crippen molar-refractivity contribution in [2.45, 2.75) is 32.7 Å². The molecule has 0 aliphatic rings. The van der Waals surface area contributed by atoms with E-state index in [0.29, 0.717) is 18.7 Å². The van der Waals surface area contributed by atoms with Crippen LogP contribution in [-0.4, -0.2) is 12.5 Å². The van der Waals surface area contributed by atoms with Gasteiger partial charge in [0.25, 0.3) is 5.91 Å². The Bertz CT molecular complexity index is 633. The summed E-state index contributed by atoms with van der Waals surface area (Å²) in [6, 6.07) is 15.9. The molecule has 0 aliphatic carbocycles. The summed E-state index contributed by atoms with van der Waals surface area (Å²) >= 11 is 0. The number of nitrogens with one attached hydrogen (secondary N) is 1. The second-order valence-electron chi connectivity index (χ2n) is 6.33. The summed E-state index contributed by atoms with van der Waals surface area (Å²) in [7, 11) is 0. The molecule has 2 aromatic rings. The van der Waals surface area contributed by atoms with Gasteiger partial charge < -0.3 is 11.1 Å². The topological polar surface area (TPSA) is 55.1 Å². The number of halogens is 1. The number of rotatable bonds is 5. The lowest BCUT2D eigenvalue weighted by atomic mass is 9.84. The predicted molar refractivity (Wildman–Crippen MR) is 98.1 cm³/mol. The van der Waals surface area contributed by atoms with E-state index in [4.69, 9.17) is 5.73 Å². The molecule has 4 heteroatoms. The molecule has 0 unspecified atom stereocenters. The second kappa shape index (κ2) is 8.14. The van der Waals surface area contributed by atoms with Crippen molar-refractivity contribution in [3.05, 3.63) is 70.8 Å². The third kappa shape index (κ3) is 5.08. The highest BCUT2D eigenvalue weighted by atomic mass is 35.5. The van der Waals surface area contributed by atoms with Crippen LogP contribution in [-0.2, 0) is 12.0 Å². The van der Waals surface area contributed by atoms with Crippen LogP contribution in [0, 0.1) is 6.92 Å². The minimum atomic E-state index is -0.111. The maximum absolute atomic E-state index is 12.2. The molecule has 0 saturated carbocycles. The molecule has 124 valence electrons. The van der Waals surface area contributed by atoms with E-state index in [1.807, 2.05) is 24.3 Å². The normalized spacial score (nSPS) is 10.8. The quantitative estimate of drug-likeness (QED) is 0.879. The number of nitrogens with two attached hydrogens (primary N) is 1. The smallest absolute Gasteiger partial charge is 0.251 e. The van der Waals surface area contributed by atoms with Crippen molar-refractivity contribution in [3.8, 4) is 0 Å². The summed E-state index contributed by atoms with van der Waals surface area (Å²) in [6.07, 6.45) is 0. The Kier molecular flexibility index (Phi) is 6.79. The van der Waals surface area contributed by atoms with Crippen LogP contribution in [0.15, 0.2) is 48.5 Å². The maximum Gasteiger partial charge on any atom is 0.251 e. The molecule has 23 heavy (non-hydrogen) atoms. The van der Waals surface area contributed by atoms with Crippen molar-refractivity contribution in [2.75, 3.05) is 6.54 Å². The van der Waals surface area contributed by atoms with E-state index in [1.165, 1.54) is 11.1 Å². The van der Waals surface area contributed by atoms with Crippen LogP contribution in [0.1, 0.15) is 40.9 Å². The average Bonchev–Trinajstić information content (AvgIpc) is 2.53. The molecule has 0 bridgehead atoms. The molecule has 0 saturated heterocycles. The van der Waals surface area contributed by atoms with E-state index in [-0.39, 0.29) is 23.7 Å². The fraction of sp³-hybridized carbons (Fsp3) is 0.316. The zero-order valence-electron chi connectivity index (χ0n) is 13.9. The molecule has 0 spiro atoms. The standard InChI is InChI=1S/C19H24N2O.ClH/c1-14-4-10-17(11-5-14)19(2,3)13-21-18(22)16-8-6-15(12-20)7-9-16;/h4-11H,12-13,20H2,1-3H3,(H,21,22);1H. The molecule has 0 fully saturated rings. The van der Waals surface area contributed by atoms with Crippen LogP contribution >= 0.6 is 12.4 Å². The van der Waals surface area contributed by atoms with Crippen molar-refractivity contribution in [1.82, 2.24) is 5.32 Å². The largest absolute Gasteiger partial charge is 0.351 e. The SMILES string of the molecule is Cc1ccc(C(C)(C)CNC(=O)c2ccc(CN)cc2)cc1.Cl. The Morgan fingerprint density at radius 1 is 1.04 bits per heavy atom. The number of carbonyl (C=O) groups excluding carboxylic acids is 1. The molecular formula is C19H25ClN2O. The number of carbonyl (C=O) groups is 1. The minimum absolute atomic E-state index is 0. The molecule has 0 atom stereocenters.